The van der Waals surface area contributed by atoms with Crippen molar-refractivity contribution in [1.29, 1.82) is 0 Å². The Kier molecular flexibility index (Phi) is 3.18. The van der Waals surface area contributed by atoms with Gasteiger partial charge in [0.05, 0.1) is 11.4 Å². The highest BCUT2D eigenvalue weighted by atomic mass is 19.2. The van der Waals surface area contributed by atoms with E-state index in [1.807, 2.05) is 13.8 Å². The lowest BCUT2D eigenvalue weighted by Crippen LogP contribution is -2.03. The lowest BCUT2D eigenvalue weighted by molar-refractivity contribution is 0.509. The van der Waals surface area contributed by atoms with E-state index >= 15 is 0 Å². The molecule has 3 N–H and O–H groups in total. The van der Waals surface area contributed by atoms with Gasteiger partial charge in [-0.1, -0.05) is 0 Å². The van der Waals surface area contributed by atoms with E-state index in [2.05, 4.69) is 10.4 Å². The molecule has 1 heterocycles. The Morgan fingerprint density at radius 2 is 1.94 bits per heavy atom. The van der Waals surface area contributed by atoms with Gasteiger partial charge in [0, 0.05) is 30.4 Å². The predicted molar refractivity (Wildman–Crippen MR) is 66.7 cm³/mol. The minimum absolute atomic E-state index is 0.132. The van der Waals surface area contributed by atoms with Crippen LogP contribution in [0.2, 0.25) is 0 Å². The number of rotatable bonds is 3. The van der Waals surface area contributed by atoms with Gasteiger partial charge in [0.2, 0.25) is 0 Å². The Hall–Kier alpha value is -2.11. The number of anilines is 3. The third kappa shape index (κ3) is 2.42. The van der Waals surface area contributed by atoms with Crippen molar-refractivity contribution in [1.82, 2.24) is 9.78 Å². The molecule has 1 aromatic carbocycles. The molecule has 4 nitrogen and oxygen atoms in total. The quantitative estimate of drug-likeness (QED) is 0.825. The zero-order chi connectivity index (χ0) is 13.3. The van der Waals surface area contributed by atoms with Crippen LogP contribution in [0, 0.1) is 11.6 Å². The Morgan fingerprint density at radius 3 is 2.56 bits per heavy atom. The van der Waals surface area contributed by atoms with Gasteiger partial charge in [0.1, 0.15) is 0 Å². The molecular weight excluding hydrogens is 238 g/mol. The fourth-order valence-electron chi connectivity index (χ4n) is 1.50. The molecule has 96 valence electrons. The maximum atomic E-state index is 13.1. The largest absolute Gasteiger partial charge is 0.397 e. The van der Waals surface area contributed by atoms with Crippen molar-refractivity contribution in [3.05, 3.63) is 36.0 Å². The second-order valence-electron chi connectivity index (χ2n) is 4.25. The first-order valence-electron chi connectivity index (χ1n) is 5.54. The first-order chi connectivity index (χ1) is 8.47. The number of hydrogen-bond acceptors (Lipinski definition) is 3. The van der Waals surface area contributed by atoms with Crippen LogP contribution in [0.25, 0.3) is 0 Å². The molecule has 0 saturated heterocycles. The molecule has 0 spiro atoms. The summed E-state index contributed by atoms with van der Waals surface area (Å²) in [6.07, 6.45) is 1.79. The van der Waals surface area contributed by atoms with Gasteiger partial charge < -0.3 is 11.1 Å². The van der Waals surface area contributed by atoms with Crippen LogP contribution in [0.3, 0.4) is 0 Å². The number of nitrogens with one attached hydrogen (secondary N) is 1. The van der Waals surface area contributed by atoms with Gasteiger partial charge in [-0.15, -0.1) is 0 Å². The minimum atomic E-state index is -0.967. The fraction of sp³-hybridized carbons (Fsp3) is 0.250. The van der Waals surface area contributed by atoms with Crippen molar-refractivity contribution in [2.75, 3.05) is 11.1 Å². The number of halogens is 2. The van der Waals surface area contributed by atoms with E-state index in [1.165, 1.54) is 0 Å². The zero-order valence-corrected chi connectivity index (χ0v) is 10.1. The summed E-state index contributed by atoms with van der Waals surface area (Å²) in [4.78, 5) is 0. The Bertz CT molecular complexity index is 563. The monoisotopic (exact) mass is 252 g/mol. The molecule has 0 aliphatic heterocycles. The topological polar surface area (TPSA) is 55.9 Å². The molecule has 0 fully saturated rings. The summed E-state index contributed by atoms with van der Waals surface area (Å²) >= 11 is 0. The van der Waals surface area contributed by atoms with Crippen LogP contribution in [0.5, 0.6) is 0 Å². The Labute approximate surface area is 103 Å². The van der Waals surface area contributed by atoms with E-state index in [9.17, 15) is 8.78 Å². The summed E-state index contributed by atoms with van der Waals surface area (Å²) in [5.74, 6) is -1.39. The van der Waals surface area contributed by atoms with Gasteiger partial charge in [-0.25, -0.2) is 8.78 Å². The van der Waals surface area contributed by atoms with E-state index in [1.54, 1.807) is 16.9 Å². The van der Waals surface area contributed by atoms with Gasteiger partial charge in [0.15, 0.2) is 17.5 Å². The molecule has 0 aliphatic carbocycles. The minimum Gasteiger partial charge on any atom is -0.397 e. The van der Waals surface area contributed by atoms with E-state index in [0.717, 1.165) is 12.1 Å². The maximum Gasteiger partial charge on any atom is 0.161 e. The predicted octanol–water partition coefficient (Wildman–Crippen LogP) is 3.07. The SMILES string of the molecule is CC(C)n1ccc(Nc2cc(F)c(F)cc2N)n1. The molecule has 0 bridgehead atoms. The molecule has 2 rings (SSSR count). The molecule has 0 atom stereocenters. The molecule has 18 heavy (non-hydrogen) atoms. The van der Waals surface area contributed by atoms with Crippen molar-refractivity contribution in [2.45, 2.75) is 19.9 Å². The molecule has 0 amide bonds. The molecule has 0 unspecified atom stereocenters. The Morgan fingerprint density at radius 1 is 1.28 bits per heavy atom. The molecular formula is C12H14F2N4. The molecule has 2 aromatic rings. The lowest BCUT2D eigenvalue weighted by atomic mass is 10.2. The normalized spacial score (nSPS) is 10.9. The summed E-state index contributed by atoms with van der Waals surface area (Å²) in [5.41, 5.74) is 6.03. The Balaban J connectivity index is 2.25. The van der Waals surface area contributed by atoms with Gasteiger partial charge in [-0.2, -0.15) is 5.10 Å². The van der Waals surface area contributed by atoms with Gasteiger partial charge in [-0.05, 0) is 13.8 Å². The summed E-state index contributed by atoms with van der Waals surface area (Å²) in [6.45, 7) is 3.98. The van der Waals surface area contributed by atoms with Crippen LogP contribution in [-0.2, 0) is 0 Å². The van der Waals surface area contributed by atoms with Crippen molar-refractivity contribution in [3.8, 4) is 0 Å². The summed E-state index contributed by atoms with van der Waals surface area (Å²) in [6, 6.07) is 3.92. The molecule has 0 saturated carbocycles. The van der Waals surface area contributed by atoms with E-state index in [0.29, 0.717) is 11.5 Å². The third-order valence-electron chi connectivity index (χ3n) is 2.49. The van der Waals surface area contributed by atoms with E-state index in [-0.39, 0.29) is 11.7 Å². The number of nitrogens with two attached hydrogens (primary N) is 1. The molecule has 1 aromatic heterocycles. The van der Waals surface area contributed by atoms with Gasteiger partial charge >= 0.3 is 0 Å². The summed E-state index contributed by atoms with van der Waals surface area (Å²) < 4.78 is 27.8. The number of hydrogen-bond donors (Lipinski definition) is 2. The van der Waals surface area contributed by atoms with Crippen LogP contribution in [-0.4, -0.2) is 9.78 Å². The third-order valence-corrected chi connectivity index (χ3v) is 2.49. The standard InChI is InChI=1S/C12H14F2N4/c1-7(2)18-4-3-12(17-18)16-11-6-9(14)8(13)5-10(11)15/h3-7H,15H2,1-2H3,(H,16,17). The van der Waals surface area contributed by atoms with Crippen LogP contribution in [0.1, 0.15) is 19.9 Å². The second kappa shape index (κ2) is 4.64. The number of benzene rings is 1. The fourth-order valence-corrected chi connectivity index (χ4v) is 1.50. The molecule has 0 radical (unpaired) electrons. The molecule has 0 aliphatic rings. The average molecular weight is 252 g/mol. The van der Waals surface area contributed by atoms with Crippen LogP contribution in [0.4, 0.5) is 26.0 Å². The number of nitrogen functional groups attached to an aromatic ring is 1. The first-order valence-corrected chi connectivity index (χ1v) is 5.54. The van der Waals surface area contributed by atoms with E-state index in [4.69, 9.17) is 5.73 Å². The van der Waals surface area contributed by atoms with Crippen molar-refractivity contribution in [2.24, 2.45) is 0 Å². The highest BCUT2D eigenvalue weighted by Crippen LogP contribution is 2.25. The average Bonchev–Trinajstić information content (AvgIpc) is 2.74. The highest BCUT2D eigenvalue weighted by molar-refractivity contribution is 5.71. The lowest BCUT2D eigenvalue weighted by Gasteiger charge is -2.08. The number of aromatic nitrogens is 2. The second-order valence-corrected chi connectivity index (χ2v) is 4.25. The smallest absolute Gasteiger partial charge is 0.161 e. The van der Waals surface area contributed by atoms with Crippen LogP contribution < -0.4 is 11.1 Å². The summed E-state index contributed by atoms with van der Waals surface area (Å²) in [7, 11) is 0. The summed E-state index contributed by atoms with van der Waals surface area (Å²) in [5, 5.41) is 7.08. The first kappa shape index (κ1) is 12.3. The van der Waals surface area contributed by atoms with E-state index < -0.39 is 11.6 Å². The van der Waals surface area contributed by atoms with Crippen molar-refractivity contribution in [3.63, 3.8) is 0 Å². The maximum absolute atomic E-state index is 13.1. The van der Waals surface area contributed by atoms with Crippen molar-refractivity contribution >= 4 is 17.2 Å². The highest BCUT2D eigenvalue weighted by Gasteiger charge is 2.09. The van der Waals surface area contributed by atoms with Crippen molar-refractivity contribution < 1.29 is 8.78 Å². The van der Waals surface area contributed by atoms with Crippen LogP contribution >= 0.6 is 0 Å². The van der Waals surface area contributed by atoms with Gasteiger partial charge in [0.25, 0.3) is 0 Å². The molecule has 6 heteroatoms. The zero-order valence-electron chi connectivity index (χ0n) is 10.1. The van der Waals surface area contributed by atoms with Gasteiger partial charge in [-0.3, -0.25) is 4.68 Å². The van der Waals surface area contributed by atoms with Crippen LogP contribution in [0.15, 0.2) is 24.4 Å². The number of nitrogens with zero attached hydrogens (tertiary/aromatic N) is 2.